The van der Waals surface area contributed by atoms with Crippen LogP contribution in [0, 0.1) is 0 Å². The molecular weight excluding hydrogens is 208 g/mol. The maximum atomic E-state index is 11.6. The van der Waals surface area contributed by atoms with E-state index >= 15 is 0 Å². The number of carbonyl (C=O) groups is 2. The lowest BCUT2D eigenvalue weighted by atomic mass is 10.2. The maximum Gasteiger partial charge on any atom is 0.287 e. The van der Waals surface area contributed by atoms with Crippen molar-refractivity contribution in [3.8, 4) is 0 Å². The monoisotopic (exact) mass is 222 g/mol. The van der Waals surface area contributed by atoms with Crippen molar-refractivity contribution in [3.05, 3.63) is 24.2 Å². The van der Waals surface area contributed by atoms with Crippen LogP contribution >= 0.6 is 0 Å². The molecule has 2 rings (SSSR count). The van der Waals surface area contributed by atoms with Crippen molar-refractivity contribution in [2.45, 2.75) is 19.4 Å². The second-order valence-electron chi connectivity index (χ2n) is 3.90. The number of hydrogen-bond donors (Lipinski definition) is 1. The minimum absolute atomic E-state index is 0.0292. The molecule has 5 heteroatoms. The second kappa shape index (κ2) is 4.38. The van der Waals surface area contributed by atoms with Gasteiger partial charge in [0.1, 0.15) is 0 Å². The molecule has 1 aromatic heterocycles. The van der Waals surface area contributed by atoms with Crippen molar-refractivity contribution < 1.29 is 14.0 Å². The third-order valence-electron chi connectivity index (χ3n) is 2.71. The Morgan fingerprint density at radius 1 is 1.56 bits per heavy atom. The molecule has 0 radical (unpaired) electrons. The van der Waals surface area contributed by atoms with Crippen LogP contribution in [0.25, 0.3) is 0 Å². The van der Waals surface area contributed by atoms with Crippen molar-refractivity contribution in [2.75, 3.05) is 13.1 Å². The van der Waals surface area contributed by atoms with Gasteiger partial charge >= 0.3 is 0 Å². The summed E-state index contributed by atoms with van der Waals surface area (Å²) in [5.41, 5.74) is 0. The molecule has 0 spiro atoms. The van der Waals surface area contributed by atoms with E-state index in [1.54, 1.807) is 17.0 Å². The molecule has 1 aliphatic rings. The molecule has 1 atom stereocenters. The van der Waals surface area contributed by atoms with Gasteiger partial charge in [0.05, 0.1) is 6.26 Å². The van der Waals surface area contributed by atoms with E-state index in [4.69, 9.17) is 4.42 Å². The van der Waals surface area contributed by atoms with Crippen LogP contribution in [-0.4, -0.2) is 35.8 Å². The van der Waals surface area contributed by atoms with E-state index in [-0.39, 0.29) is 17.9 Å². The highest BCUT2D eigenvalue weighted by Gasteiger charge is 2.26. The summed E-state index contributed by atoms with van der Waals surface area (Å²) in [6.45, 7) is 2.83. The Bertz CT molecular complexity index is 386. The highest BCUT2D eigenvalue weighted by atomic mass is 16.3. The van der Waals surface area contributed by atoms with E-state index in [9.17, 15) is 9.59 Å². The minimum atomic E-state index is -0.222. The van der Waals surface area contributed by atoms with Crippen LogP contribution in [0.1, 0.15) is 23.9 Å². The number of rotatable bonds is 2. The quantitative estimate of drug-likeness (QED) is 0.798. The molecule has 0 saturated carbocycles. The van der Waals surface area contributed by atoms with E-state index in [0.717, 1.165) is 6.42 Å². The van der Waals surface area contributed by atoms with Gasteiger partial charge in [-0.25, -0.2) is 0 Å². The second-order valence-corrected chi connectivity index (χ2v) is 3.90. The van der Waals surface area contributed by atoms with Gasteiger partial charge in [0, 0.05) is 26.1 Å². The Labute approximate surface area is 93.4 Å². The topological polar surface area (TPSA) is 62.6 Å². The first kappa shape index (κ1) is 10.7. The summed E-state index contributed by atoms with van der Waals surface area (Å²) in [6, 6.07) is 3.32. The van der Waals surface area contributed by atoms with Crippen molar-refractivity contribution >= 4 is 11.8 Å². The Morgan fingerprint density at radius 2 is 2.38 bits per heavy atom. The maximum absolute atomic E-state index is 11.6. The number of carbonyl (C=O) groups excluding carboxylic acids is 2. The molecule has 0 bridgehead atoms. The predicted octanol–water partition coefficient (Wildman–Crippen LogP) is 0.630. The molecule has 86 valence electrons. The summed E-state index contributed by atoms with van der Waals surface area (Å²) in [5.74, 6) is 0.136. The lowest BCUT2D eigenvalue weighted by Crippen LogP contribution is -2.37. The summed E-state index contributed by atoms with van der Waals surface area (Å²) >= 11 is 0. The molecule has 1 aliphatic heterocycles. The van der Waals surface area contributed by atoms with E-state index in [0.29, 0.717) is 18.8 Å². The first-order chi connectivity index (χ1) is 7.66. The van der Waals surface area contributed by atoms with Crippen LogP contribution in [0.5, 0.6) is 0 Å². The standard InChI is InChI=1S/C11H14N2O3/c1-8(14)13-5-4-9(7-13)12-11(15)10-3-2-6-16-10/h2-3,6,9H,4-5,7H2,1H3,(H,12,15). The Kier molecular flexibility index (Phi) is 2.94. The molecule has 1 aromatic rings. The number of furan rings is 1. The molecule has 5 nitrogen and oxygen atoms in total. The Hall–Kier alpha value is -1.78. The largest absolute Gasteiger partial charge is 0.459 e. The van der Waals surface area contributed by atoms with Gasteiger partial charge in [-0.15, -0.1) is 0 Å². The molecule has 1 saturated heterocycles. The van der Waals surface area contributed by atoms with Crippen LogP contribution < -0.4 is 5.32 Å². The van der Waals surface area contributed by atoms with Gasteiger partial charge in [0.15, 0.2) is 5.76 Å². The fourth-order valence-electron chi connectivity index (χ4n) is 1.83. The van der Waals surface area contributed by atoms with Gasteiger partial charge in [-0.1, -0.05) is 0 Å². The summed E-state index contributed by atoms with van der Waals surface area (Å²) in [4.78, 5) is 24.5. The summed E-state index contributed by atoms with van der Waals surface area (Å²) in [7, 11) is 0. The number of nitrogens with zero attached hydrogens (tertiary/aromatic N) is 1. The third-order valence-corrected chi connectivity index (χ3v) is 2.71. The normalized spacial score (nSPS) is 19.8. The highest BCUT2D eigenvalue weighted by Crippen LogP contribution is 2.10. The van der Waals surface area contributed by atoms with Gasteiger partial charge in [0.2, 0.25) is 5.91 Å². The van der Waals surface area contributed by atoms with E-state index in [2.05, 4.69) is 5.32 Å². The Morgan fingerprint density at radius 3 is 2.94 bits per heavy atom. The van der Waals surface area contributed by atoms with Crippen LogP contribution in [0.4, 0.5) is 0 Å². The molecule has 0 aliphatic carbocycles. The molecule has 1 fully saturated rings. The average molecular weight is 222 g/mol. The zero-order valence-corrected chi connectivity index (χ0v) is 9.10. The first-order valence-electron chi connectivity index (χ1n) is 5.26. The third kappa shape index (κ3) is 2.24. The number of amides is 2. The Balaban J connectivity index is 1.88. The van der Waals surface area contributed by atoms with Gasteiger partial charge in [-0.3, -0.25) is 9.59 Å². The molecule has 16 heavy (non-hydrogen) atoms. The molecule has 1 unspecified atom stereocenters. The fourth-order valence-corrected chi connectivity index (χ4v) is 1.83. The van der Waals surface area contributed by atoms with Crippen LogP contribution in [0.15, 0.2) is 22.8 Å². The van der Waals surface area contributed by atoms with Gasteiger partial charge in [0.25, 0.3) is 5.91 Å². The lowest BCUT2D eigenvalue weighted by Gasteiger charge is -2.14. The number of hydrogen-bond acceptors (Lipinski definition) is 3. The van der Waals surface area contributed by atoms with E-state index in [1.807, 2.05) is 0 Å². The molecule has 2 amide bonds. The molecular formula is C11H14N2O3. The highest BCUT2D eigenvalue weighted by molar-refractivity contribution is 5.91. The molecule has 0 aromatic carbocycles. The van der Waals surface area contributed by atoms with E-state index in [1.165, 1.54) is 13.2 Å². The van der Waals surface area contributed by atoms with Gasteiger partial charge in [-0.2, -0.15) is 0 Å². The van der Waals surface area contributed by atoms with Crippen LogP contribution in [-0.2, 0) is 4.79 Å². The fraction of sp³-hybridized carbons (Fsp3) is 0.455. The van der Waals surface area contributed by atoms with E-state index < -0.39 is 0 Å². The summed E-state index contributed by atoms with van der Waals surface area (Å²) in [5, 5.41) is 2.84. The van der Waals surface area contributed by atoms with Gasteiger partial charge in [-0.05, 0) is 18.6 Å². The lowest BCUT2D eigenvalue weighted by molar-refractivity contribution is -0.127. The summed E-state index contributed by atoms with van der Waals surface area (Å²) < 4.78 is 4.99. The van der Waals surface area contributed by atoms with Crippen molar-refractivity contribution in [3.63, 3.8) is 0 Å². The zero-order valence-electron chi connectivity index (χ0n) is 9.10. The molecule has 2 heterocycles. The summed E-state index contributed by atoms with van der Waals surface area (Å²) in [6.07, 6.45) is 2.26. The molecule has 1 N–H and O–H groups in total. The zero-order chi connectivity index (χ0) is 11.5. The number of likely N-dealkylation sites (tertiary alicyclic amines) is 1. The van der Waals surface area contributed by atoms with Gasteiger partial charge < -0.3 is 14.6 Å². The average Bonchev–Trinajstić information content (AvgIpc) is 2.87. The number of nitrogens with one attached hydrogen (secondary N) is 1. The van der Waals surface area contributed by atoms with Crippen LogP contribution in [0.2, 0.25) is 0 Å². The minimum Gasteiger partial charge on any atom is -0.459 e. The van der Waals surface area contributed by atoms with Crippen molar-refractivity contribution in [2.24, 2.45) is 0 Å². The smallest absolute Gasteiger partial charge is 0.287 e. The first-order valence-corrected chi connectivity index (χ1v) is 5.26. The van der Waals surface area contributed by atoms with Crippen molar-refractivity contribution in [1.29, 1.82) is 0 Å². The van der Waals surface area contributed by atoms with Crippen molar-refractivity contribution in [1.82, 2.24) is 10.2 Å². The SMILES string of the molecule is CC(=O)N1CCC(NC(=O)c2ccco2)C1. The predicted molar refractivity (Wildman–Crippen MR) is 56.8 cm³/mol. The van der Waals surface area contributed by atoms with Crippen LogP contribution in [0.3, 0.4) is 0 Å².